The van der Waals surface area contributed by atoms with Crippen molar-refractivity contribution >= 4 is 29.9 Å². The van der Waals surface area contributed by atoms with Gasteiger partial charge in [0.25, 0.3) is 0 Å². The lowest BCUT2D eigenvalue weighted by atomic mass is 9.91. The lowest BCUT2D eigenvalue weighted by molar-refractivity contribution is 1.06. The van der Waals surface area contributed by atoms with Crippen molar-refractivity contribution in [2.24, 2.45) is 0 Å². The molecule has 34 heavy (non-hydrogen) atoms. The topological polar surface area (TPSA) is 0 Å². The van der Waals surface area contributed by atoms with Crippen LogP contribution in [0.3, 0.4) is 0 Å². The van der Waals surface area contributed by atoms with E-state index in [0.29, 0.717) is 0 Å². The first-order valence-electron chi connectivity index (χ1n) is 11.8. The van der Waals surface area contributed by atoms with Gasteiger partial charge in [-0.3, -0.25) is 0 Å². The highest BCUT2D eigenvalue weighted by Gasteiger charge is 2.26. The van der Waals surface area contributed by atoms with Crippen LogP contribution in [0.15, 0.2) is 140 Å². The molecule has 5 aromatic carbocycles. The van der Waals surface area contributed by atoms with Crippen LogP contribution in [0.5, 0.6) is 0 Å². The van der Waals surface area contributed by atoms with Crippen LogP contribution < -0.4 is 15.9 Å². The van der Waals surface area contributed by atoms with Crippen LogP contribution in [0.1, 0.15) is 22.6 Å². The summed E-state index contributed by atoms with van der Waals surface area (Å²) in [6.07, 6.45) is 4.65. The summed E-state index contributed by atoms with van der Waals surface area (Å²) >= 11 is 0. The molecular weight excluding hydrogens is 427 g/mol. The van der Waals surface area contributed by atoms with Gasteiger partial charge in [-0.1, -0.05) is 140 Å². The summed E-state index contributed by atoms with van der Waals surface area (Å²) in [5.41, 5.74) is 6.66. The molecule has 6 rings (SSSR count). The number of allylic oxidation sites excluding steroid dienone is 1. The molecule has 1 aliphatic carbocycles. The number of benzene rings is 5. The fourth-order valence-electron chi connectivity index (χ4n) is 4.91. The largest absolute Gasteiger partial charge is 0.0720 e. The minimum Gasteiger partial charge on any atom is -0.0720 e. The zero-order chi connectivity index (χ0) is 22.7. The first-order chi connectivity index (χ1) is 16.9. The van der Waals surface area contributed by atoms with Crippen molar-refractivity contribution in [3.8, 4) is 11.1 Å². The zero-order valence-corrected chi connectivity index (χ0v) is 19.8. The summed E-state index contributed by atoms with van der Waals surface area (Å²) in [4.78, 5) is 0. The molecule has 0 saturated carbocycles. The summed E-state index contributed by atoms with van der Waals surface area (Å²) < 4.78 is 0. The molecule has 0 N–H and O–H groups in total. The number of fused-ring (bicyclic) bond motifs is 1. The molecule has 0 saturated heterocycles. The van der Waals surface area contributed by atoms with E-state index >= 15 is 0 Å². The molecular formula is C33H25P. The maximum Gasteiger partial charge on any atom is 0.0285 e. The highest BCUT2D eigenvalue weighted by Crippen LogP contribution is 2.42. The van der Waals surface area contributed by atoms with E-state index in [9.17, 15) is 0 Å². The standard InChI is InChI=1S/C33H25P/c1-4-12-25(13-5-1)27-21-23-32(31-22-20-26-14-10-11-19-30(26)31)33(24-27)34(28-15-6-2-7-16-28)29-17-8-3-9-18-29/h1-24,31H. The Morgan fingerprint density at radius 2 is 1.06 bits per heavy atom. The van der Waals surface area contributed by atoms with Gasteiger partial charge in [-0.15, -0.1) is 0 Å². The van der Waals surface area contributed by atoms with Crippen molar-refractivity contribution < 1.29 is 0 Å². The van der Waals surface area contributed by atoms with Gasteiger partial charge in [0.2, 0.25) is 0 Å². The normalized spacial score (nSPS) is 14.3. The Bertz CT molecular complexity index is 1400. The minimum absolute atomic E-state index is 0.272. The molecule has 1 aliphatic rings. The summed E-state index contributed by atoms with van der Waals surface area (Å²) in [5, 5.41) is 4.19. The Hall–Kier alpha value is -3.73. The lowest BCUT2D eigenvalue weighted by Gasteiger charge is -2.26. The Morgan fingerprint density at radius 1 is 0.471 bits per heavy atom. The SMILES string of the molecule is C1=CC(c2ccc(-c3ccccc3)cc2P(c2ccccc2)c2ccccc2)c2ccccc21. The molecule has 5 aromatic rings. The molecule has 0 radical (unpaired) electrons. The second-order valence-electron chi connectivity index (χ2n) is 8.61. The molecule has 0 heterocycles. The van der Waals surface area contributed by atoms with Gasteiger partial charge in [0.15, 0.2) is 0 Å². The fourth-order valence-corrected chi connectivity index (χ4v) is 7.45. The van der Waals surface area contributed by atoms with Gasteiger partial charge in [0.05, 0.1) is 0 Å². The number of rotatable bonds is 5. The fraction of sp³-hybridized carbons (Fsp3) is 0.0303. The minimum atomic E-state index is -0.713. The Morgan fingerprint density at radius 3 is 1.74 bits per heavy atom. The van der Waals surface area contributed by atoms with Crippen LogP contribution in [0, 0.1) is 0 Å². The van der Waals surface area contributed by atoms with Gasteiger partial charge in [0, 0.05) is 5.92 Å². The van der Waals surface area contributed by atoms with Crippen molar-refractivity contribution in [2.75, 3.05) is 0 Å². The maximum atomic E-state index is 2.45. The summed E-state index contributed by atoms with van der Waals surface area (Å²) in [7, 11) is -0.713. The lowest BCUT2D eigenvalue weighted by Crippen LogP contribution is -2.24. The van der Waals surface area contributed by atoms with Crippen molar-refractivity contribution in [2.45, 2.75) is 5.92 Å². The third-order valence-electron chi connectivity index (χ3n) is 6.54. The molecule has 0 aromatic heterocycles. The van der Waals surface area contributed by atoms with E-state index < -0.39 is 7.92 Å². The average molecular weight is 453 g/mol. The summed E-state index contributed by atoms with van der Waals surface area (Å²) in [6.45, 7) is 0. The van der Waals surface area contributed by atoms with Crippen LogP contribution in [-0.2, 0) is 0 Å². The second-order valence-corrected chi connectivity index (χ2v) is 10.8. The first-order valence-corrected chi connectivity index (χ1v) is 13.1. The van der Waals surface area contributed by atoms with Crippen molar-refractivity contribution in [3.63, 3.8) is 0 Å². The van der Waals surface area contributed by atoms with Gasteiger partial charge in [0.1, 0.15) is 0 Å². The maximum absolute atomic E-state index is 2.45. The molecule has 162 valence electrons. The molecule has 0 amide bonds. The van der Waals surface area contributed by atoms with Crippen molar-refractivity contribution in [1.82, 2.24) is 0 Å². The van der Waals surface area contributed by atoms with Gasteiger partial charge in [-0.2, -0.15) is 0 Å². The van der Waals surface area contributed by atoms with E-state index in [1.165, 1.54) is 43.7 Å². The Kier molecular flexibility index (Phi) is 5.68. The molecule has 0 fully saturated rings. The van der Waals surface area contributed by atoms with E-state index in [1.807, 2.05) is 0 Å². The molecule has 0 spiro atoms. The molecule has 0 nitrogen and oxygen atoms in total. The summed E-state index contributed by atoms with van der Waals surface area (Å²) in [6, 6.07) is 48.7. The molecule has 1 atom stereocenters. The van der Waals surface area contributed by atoms with Crippen LogP contribution in [-0.4, -0.2) is 0 Å². The van der Waals surface area contributed by atoms with Gasteiger partial charge < -0.3 is 0 Å². The average Bonchev–Trinajstić information content (AvgIpc) is 3.35. The van der Waals surface area contributed by atoms with E-state index in [4.69, 9.17) is 0 Å². The highest BCUT2D eigenvalue weighted by atomic mass is 31.1. The van der Waals surface area contributed by atoms with Gasteiger partial charge in [-0.25, -0.2) is 0 Å². The first kappa shape index (κ1) is 20.8. The number of hydrogen-bond donors (Lipinski definition) is 0. The zero-order valence-electron chi connectivity index (χ0n) is 18.9. The highest BCUT2D eigenvalue weighted by molar-refractivity contribution is 7.79. The monoisotopic (exact) mass is 452 g/mol. The smallest absolute Gasteiger partial charge is 0.0285 e. The van der Waals surface area contributed by atoms with E-state index in [0.717, 1.165) is 0 Å². The molecule has 1 unspecified atom stereocenters. The van der Waals surface area contributed by atoms with Crippen molar-refractivity contribution in [3.05, 3.63) is 156 Å². The van der Waals surface area contributed by atoms with E-state index in [-0.39, 0.29) is 5.92 Å². The second kappa shape index (κ2) is 9.26. The van der Waals surface area contributed by atoms with Crippen LogP contribution in [0.2, 0.25) is 0 Å². The predicted octanol–water partition coefficient (Wildman–Crippen LogP) is 7.27. The molecule has 0 bridgehead atoms. The predicted molar refractivity (Wildman–Crippen MR) is 148 cm³/mol. The van der Waals surface area contributed by atoms with E-state index in [1.54, 1.807) is 0 Å². The quantitative estimate of drug-likeness (QED) is 0.246. The van der Waals surface area contributed by atoms with Crippen LogP contribution in [0.25, 0.3) is 17.2 Å². The molecule has 1 heteroatoms. The van der Waals surface area contributed by atoms with Gasteiger partial charge in [-0.05, 0) is 57.7 Å². The van der Waals surface area contributed by atoms with Crippen LogP contribution in [0.4, 0.5) is 0 Å². The Labute approximate surface area is 203 Å². The third-order valence-corrected chi connectivity index (χ3v) is 9.04. The van der Waals surface area contributed by atoms with Crippen LogP contribution >= 0.6 is 7.92 Å². The third kappa shape index (κ3) is 3.92. The number of hydrogen-bond acceptors (Lipinski definition) is 0. The van der Waals surface area contributed by atoms with E-state index in [2.05, 4.69) is 146 Å². The summed E-state index contributed by atoms with van der Waals surface area (Å²) in [5.74, 6) is 0.272. The van der Waals surface area contributed by atoms with Crippen molar-refractivity contribution in [1.29, 1.82) is 0 Å². The van der Waals surface area contributed by atoms with Gasteiger partial charge >= 0.3 is 0 Å². The molecule has 0 aliphatic heterocycles. The Balaban J connectivity index is 1.60.